The zero-order chi connectivity index (χ0) is 17.6. The number of phenolic OH excluding ortho intramolecular Hbond substituents is 1. The van der Waals surface area contributed by atoms with E-state index in [1.807, 2.05) is 0 Å². The summed E-state index contributed by atoms with van der Waals surface area (Å²) in [5, 5.41) is 10.4. The fourth-order valence-electron chi connectivity index (χ4n) is 2.71. The molecule has 0 aliphatic rings. The molecule has 0 bridgehead atoms. The number of phenols is 1. The molecular formula is C19H12O6. The van der Waals surface area contributed by atoms with Crippen LogP contribution in [0.5, 0.6) is 5.75 Å². The number of esters is 1. The first-order valence-electron chi connectivity index (χ1n) is 7.45. The summed E-state index contributed by atoms with van der Waals surface area (Å²) in [6.45, 7) is 0. The van der Waals surface area contributed by atoms with Gasteiger partial charge in [-0.15, -0.1) is 0 Å². The molecule has 6 heteroatoms. The summed E-state index contributed by atoms with van der Waals surface area (Å²) in [6, 6.07) is 12.7. The van der Waals surface area contributed by atoms with E-state index in [1.54, 1.807) is 36.4 Å². The van der Waals surface area contributed by atoms with Crippen molar-refractivity contribution in [2.75, 3.05) is 7.11 Å². The van der Waals surface area contributed by atoms with Crippen LogP contribution < -0.4 is 5.63 Å². The van der Waals surface area contributed by atoms with E-state index < -0.39 is 11.6 Å². The standard InChI is InChI=1S/C19H12O6/c1-23-18(21)11-4-2-10(3-5-11)15-9-14-17(24-15)13-7-6-12(20)8-16(13)25-19(14)22/h2-9,20H,1H3. The second-order valence-electron chi connectivity index (χ2n) is 5.49. The van der Waals surface area contributed by atoms with Crippen LogP contribution in [0.1, 0.15) is 10.4 Å². The molecule has 0 radical (unpaired) electrons. The van der Waals surface area contributed by atoms with E-state index in [9.17, 15) is 14.7 Å². The number of rotatable bonds is 2. The van der Waals surface area contributed by atoms with Gasteiger partial charge in [-0.25, -0.2) is 9.59 Å². The number of hydrogen-bond acceptors (Lipinski definition) is 6. The lowest BCUT2D eigenvalue weighted by molar-refractivity contribution is 0.0600. The summed E-state index contributed by atoms with van der Waals surface area (Å²) < 4.78 is 15.8. The Morgan fingerprint density at radius 3 is 2.48 bits per heavy atom. The zero-order valence-corrected chi connectivity index (χ0v) is 13.1. The molecule has 0 saturated heterocycles. The first kappa shape index (κ1) is 15.0. The Kier molecular flexibility index (Phi) is 3.32. The van der Waals surface area contributed by atoms with Crippen LogP contribution in [-0.4, -0.2) is 18.2 Å². The van der Waals surface area contributed by atoms with Crippen molar-refractivity contribution in [2.24, 2.45) is 0 Å². The number of ether oxygens (including phenoxy) is 1. The van der Waals surface area contributed by atoms with Crippen molar-refractivity contribution in [1.29, 1.82) is 0 Å². The monoisotopic (exact) mass is 336 g/mol. The number of carbonyl (C=O) groups excluding carboxylic acids is 1. The second kappa shape index (κ2) is 5.52. The van der Waals surface area contributed by atoms with E-state index in [0.717, 1.165) is 0 Å². The number of furan rings is 1. The van der Waals surface area contributed by atoms with Gasteiger partial charge in [0.25, 0.3) is 0 Å². The summed E-state index contributed by atoms with van der Waals surface area (Å²) in [5.41, 5.74) is 1.21. The van der Waals surface area contributed by atoms with Gasteiger partial charge in [0.05, 0.1) is 18.1 Å². The van der Waals surface area contributed by atoms with Gasteiger partial charge in [0.1, 0.15) is 22.5 Å². The highest BCUT2D eigenvalue weighted by atomic mass is 16.5. The molecule has 2 aromatic carbocycles. The molecule has 4 aromatic rings. The normalized spacial score (nSPS) is 11.1. The van der Waals surface area contributed by atoms with Crippen LogP contribution in [0.3, 0.4) is 0 Å². The van der Waals surface area contributed by atoms with Crippen LogP contribution in [0.25, 0.3) is 33.3 Å². The van der Waals surface area contributed by atoms with Crippen molar-refractivity contribution in [3.05, 3.63) is 64.5 Å². The molecule has 0 fully saturated rings. The first-order valence-corrected chi connectivity index (χ1v) is 7.45. The van der Waals surface area contributed by atoms with Crippen LogP contribution in [-0.2, 0) is 4.74 Å². The zero-order valence-electron chi connectivity index (χ0n) is 13.1. The van der Waals surface area contributed by atoms with Crippen LogP contribution in [0, 0.1) is 0 Å². The quantitative estimate of drug-likeness (QED) is 0.443. The van der Waals surface area contributed by atoms with Crippen molar-refractivity contribution >= 4 is 27.9 Å². The van der Waals surface area contributed by atoms with E-state index in [1.165, 1.54) is 19.2 Å². The van der Waals surface area contributed by atoms with Gasteiger partial charge in [-0.3, -0.25) is 0 Å². The number of benzene rings is 2. The Balaban J connectivity index is 1.89. The van der Waals surface area contributed by atoms with E-state index in [-0.39, 0.29) is 11.3 Å². The lowest BCUT2D eigenvalue weighted by atomic mass is 10.1. The van der Waals surface area contributed by atoms with Gasteiger partial charge in [-0.05, 0) is 30.3 Å². The molecule has 4 rings (SSSR count). The molecular weight excluding hydrogens is 324 g/mol. The Hall–Kier alpha value is -3.54. The highest BCUT2D eigenvalue weighted by Crippen LogP contribution is 2.32. The Morgan fingerprint density at radius 2 is 1.76 bits per heavy atom. The van der Waals surface area contributed by atoms with Crippen LogP contribution in [0.2, 0.25) is 0 Å². The van der Waals surface area contributed by atoms with Crippen molar-refractivity contribution < 1.29 is 23.5 Å². The van der Waals surface area contributed by atoms with Gasteiger partial charge in [0.2, 0.25) is 0 Å². The molecule has 0 unspecified atom stereocenters. The molecule has 2 heterocycles. The van der Waals surface area contributed by atoms with Gasteiger partial charge in [0.15, 0.2) is 5.58 Å². The van der Waals surface area contributed by atoms with Crippen LogP contribution >= 0.6 is 0 Å². The van der Waals surface area contributed by atoms with E-state index >= 15 is 0 Å². The smallest absolute Gasteiger partial charge is 0.347 e. The van der Waals surface area contributed by atoms with Crippen molar-refractivity contribution in [3.8, 4) is 17.1 Å². The largest absolute Gasteiger partial charge is 0.508 e. The fraction of sp³-hybridized carbons (Fsp3) is 0.0526. The molecule has 1 N–H and O–H groups in total. The van der Waals surface area contributed by atoms with Crippen LogP contribution in [0.15, 0.2) is 62.2 Å². The minimum absolute atomic E-state index is 0.000165. The third-order valence-corrected chi connectivity index (χ3v) is 3.95. The Labute approximate surface area is 140 Å². The van der Waals surface area contributed by atoms with Gasteiger partial charge in [-0.1, -0.05) is 12.1 Å². The average molecular weight is 336 g/mol. The summed E-state index contributed by atoms with van der Waals surface area (Å²) in [4.78, 5) is 23.7. The first-order chi connectivity index (χ1) is 12.1. The second-order valence-corrected chi connectivity index (χ2v) is 5.49. The SMILES string of the molecule is COC(=O)c1ccc(-c2cc3c(=O)oc4cc(O)ccc4c3o2)cc1. The van der Waals surface area contributed by atoms with Crippen molar-refractivity contribution in [1.82, 2.24) is 0 Å². The van der Waals surface area contributed by atoms with E-state index in [0.29, 0.717) is 33.2 Å². The predicted octanol–water partition coefficient (Wildman–Crippen LogP) is 3.70. The molecule has 124 valence electrons. The summed E-state index contributed by atoms with van der Waals surface area (Å²) in [5.74, 6) is 0.0436. The molecule has 0 spiro atoms. The number of aromatic hydroxyl groups is 1. The highest BCUT2D eigenvalue weighted by molar-refractivity contribution is 6.02. The van der Waals surface area contributed by atoms with Crippen molar-refractivity contribution in [3.63, 3.8) is 0 Å². The molecule has 0 aliphatic heterocycles. The summed E-state index contributed by atoms with van der Waals surface area (Å²) >= 11 is 0. The minimum atomic E-state index is -0.547. The van der Waals surface area contributed by atoms with Crippen molar-refractivity contribution in [2.45, 2.75) is 0 Å². The highest BCUT2D eigenvalue weighted by Gasteiger charge is 2.15. The summed E-state index contributed by atoms with van der Waals surface area (Å²) in [6.07, 6.45) is 0. The number of methoxy groups -OCH3 is 1. The van der Waals surface area contributed by atoms with Gasteiger partial charge in [-0.2, -0.15) is 0 Å². The molecule has 0 saturated carbocycles. The molecule has 2 aromatic heterocycles. The minimum Gasteiger partial charge on any atom is -0.508 e. The summed E-state index contributed by atoms with van der Waals surface area (Å²) in [7, 11) is 1.32. The topological polar surface area (TPSA) is 89.9 Å². The third kappa shape index (κ3) is 2.44. The number of fused-ring (bicyclic) bond motifs is 3. The lowest BCUT2D eigenvalue weighted by Crippen LogP contribution is -2.00. The number of carbonyl (C=O) groups is 1. The molecule has 0 amide bonds. The molecule has 25 heavy (non-hydrogen) atoms. The fourth-order valence-corrected chi connectivity index (χ4v) is 2.71. The molecule has 0 atom stereocenters. The Morgan fingerprint density at radius 1 is 1.00 bits per heavy atom. The third-order valence-electron chi connectivity index (χ3n) is 3.95. The van der Waals surface area contributed by atoms with Gasteiger partial charge < -0.3 is 18.7 Å². The predicted molar refractivity (Wildman–Crippen MR) is 90.7 cm³/mol. The maximum Gasteiger partial charge on any atom is 0.347 e. The van der Waals surface area contributed by atoms with E-state index in [2.05, 4.69) is 4.74 Å². The number of hydrogen-bond donors (Lipinski definition) is 1. The Bertz CT molecular complexity index is 1160. The lowest BCUT2D eigenvalue weighted by Gasteiger charge is -2.00. The maximum absolute atomic E-state index is 12.2. The van der Waals surface area contributed by atoms with Gasteiger partial charge >= 0.3 is 11.6 Å². The van der Waals surface area contributed by atoms with E-state index in [4.69, 9.17) is 8.83 Å². The van der Waals surface area contributed by atoms with Gasteiger partial charge in [0, 0.05) is 11.6 Å². The van der Waals surface area contributed by atoms with Crippen LogP contribution in [0.4, 0.5) is 0 Å². The maximum atomic E-state index is 12.2. The molecule has 6 nitrogen and oxygen atoms in total. The molecule has 0 aliphatic carbocycles. The average Bonchev–Trinajstić information content (AvgIpc) is 3.07.